The van der Waals surface area contributed by atoms with Gasteiger partial charge in [0.15, 0.2) is 5.89 Å². The van der Waals surface area contributed by atoms with E-state index < -0.39 is 10.0 Å². The van der Waals surface area contributed by atoms with Crippen molar-refractivity contribution in [3.63, 3.8) is 0 Å². The fraction of sp³-hybridized carbons (Fsp3) is 0.500. The Morgan fingerprint density at radius 3 is 2.33 bits per heavy atom. The molecular formula is C18H24N2O3S. The van der Waals surface area contributed by atoms with E-state index in [1.807, 2.05) is 26.0 Å². The third-order valence-electron chi connectivity index (χ3n) is 4.39. The summed E-state index contributed by atoms with van der Waals surface area (Å²) in [4.78, 5) is 4.81. The van der Waals surface area contributed by atoms with Gasteiger partial charge in [-0.2, -0.15) is 4.31 Å². The number of nitrogens with zero attached hydrogens (tertiary/aromatic N) is 2. The molecule has 0 spiro atoms. The molecule has 2 heterocycles. The number of fused-ring (bicyclic) bond motifs is 1. The van der Waals surface area contributed by atoms with Gasteiger partial charge >= 0.3 is 0 Å². The lowest BCUT2D eigenvalue weighted by Gasteiger charge is -2.24. The monoisotopic (exact) mass is 348 g/mol. The Labute approximate surface area is 143 Å². The Kier molecular flexibility index (Phi) is 4.53. The zero-order valence-corrected chi connectivity index (χ0v) is 15.4. The van der Waals surface area contributed by atoms with Crippen LogP contribution in [0.1, 0.15) is 62.4 Å². The summed E-state index contributed by atoms with van der Waals surface area (Å²) in [7, 11) is -3.51. The molecule has 0 N–H and O–H groups in total. The molecule has 0 saturated heterocycles. The Morgan fingerprint density at radius 2 is 1.75 bits per heavy atom. The number of oxazole rings is 1. The average molecular weight is 348 g/mol. The van der Waals surface area contributed by atoms with E-state index in [1.165, 1.54) is 4.31 Å². The lowest BCUT2D eigenvalue weighted by molar-refractivity contribution is 0.354. The minimum atomic E-state index is -3.51. The summed E-state index contributed by atoms with van der Waals surface area (Å²) in [6.45, 7) is 8.91. The van der Waals surface area contributed by atoms with Crippen LogP contribution < -0.4 is 0 Å². The van der Waals surface area contributed by atoms with Crippen molar-refractivity contribution in [2.24, 2.45) is 0 Å². The molecule has 1 aliphatic heterocycles. The maximum Gasteiger partial charge on any atom is 0.243 e. The molecule has 2 aromatic rings. The maximum atomic E-state index is 12.9. The zero-order valence-electron chi connectivity index (χ0n) is 14.6. The lowest BCUT2D eigenvalue weighted by Crippen LogP contribution is -2.35. The lowest BCUT2D eigenvalue weighted by atomic mass is 10.0. The highest BCUT2D eigenvalue weighted by molar-refractivity contribution is 7.89. The van der Waals surface area contributed by atoms with E-state index in [4.69, 9.17) is 4.42 Å². The van der Waals surface area contributed by atoms with E-state index in [9.17, 15) is 8.42 Å². The summed E-state index contributed by atoms with van der Waals surface area (Å²) in [6.07, 6.45) is 0.568. The van der Waals surface area contributed by atoms with E-state index in [1.54, 1.807) is 12.1 Å². The van der Waals surface area contributed by atoms with Crippen molar-refractivity contribution in [3.8, 4) is 0 Å². The van der Waals surface area contributed by atoms with Crippen molar-refractivity contribution in [1.29, 1.82) is 0 Å². The molecule has 0 aliphatic carbocycles. The van der Waals surface area contributed by atoms with Gasteiger partial charge in [0.05, 0.1) is 17.1 Å². The standard InChI is InChI=1S/C18H24N2O3S/c1-12(2)14-5-7-15(8-6-14)24(21,22)20-10-9-17-16(11-20)19-18(23-17)13(3)4/h5-8,12-13H,9-11H2,1-4H3. The Hall–Kier alpha value is -1.66. The maximum absolute atomic E-state index is 12.9. The van der Waals surface area contributed by atoms with Gasteiger partial charge in [-0.1, -0.05) is 39.8 Å². The first-order valence-electron chi connectivity index (χ1n) is 8.37. The molecule has 5 nitrogen and oxygen atoms in total. The second-order valence-electron chi connectivity index (χ2n) is 6.89. The van der Waals surface area contributed by atoms with Gasteiger partial charge in [0.1, 0.15) is 5.76 Å². The van der Waals surface area contributed by atoms with Gasteiger partial charge in [-0.05, 0) is 23.6 Å². The summed E-state index contributed by atoms with van der Waals surface area (Å²) in [5.41, 5.74) is 1.88. The molecule has 0 amide bonds. The SMILES string of the molecule is CC(C)c1ccc(S(=O)(=O)N2CCc3oc(C(C)C)nc3C2)cc1. The second kappa shape index (κ2) is 6.33. The van der Waals surface area contributed by atoms with E-state index >= 15 is 0 Å². The second-order valence-corrected chi connectivity index (χ2v) is 8.83. The van der Waals surface area contributed by atoms with Gasteiger partial charge in [-0.3, -0.25) is 0 Å². The van der Waals surface area contributed by atoms with Crippen molar-refractivity contribution >= 4 is 10.0 Å². The molecule has 24 heavy (non-hydrogen) atoms. The molecular weight excluding hydrogens is 324 g/mol. The van der Waals surface area contributed by atoms with Gasteiger partial charge in [-0.15, -0.1) is 0 Å². The molecule has 0 atom stereocenters. The highest BCUT2D eigenvalue weighted by atomic mass is 32.2. The molecule has 130 valence electrons. The number of hydrogen-bond acceptors (Lipinski definition) is 4. The normalized spacial score (nSPS) is 15.9. The summed E-state index contributed by atoms with van der Waals surface area (Å²) in [5.74, 6) is 2.08. The third kappa shape index (κ3) is 3.13. The largest absolute Gasteiger partial charge is 0.445 e. The number of rotatable bonds is 4. The van der Waals surface area contributed by atoms with Crippen LogP contribution >= 0.6 is 0 Å². The van der Waals surface area contributed by atoms with Crippen LogP contribution in [0.2, 0.25) is 0 Å². The average Bonchev–Trinajstić information content (AvgIpc) is 2.98. The van der Waals surface area contributed by atoms with Crippen LogP contribution in [0.25, 0.3) is 0 Å². The van der Waals surface area contributed by atoms with Gasteiger partial charge in [0.25, 0.3) is 0 Å². The van der Waals surface area contributed by atoms with Gasteiger partial charge in [-0.25, -0.2) is 13.4 Å². The summed E-state index contributed by atoms with van der Waals surface area (Å²) < 4.78 is 33.0. The quantitative estimate of drug-likeness (QED) is 0.846. The van der Waals surface area contributed by atoms with Crippen LogP contribution in [-0.2, 0) is 23.0 Å². The van der Waals surface area contributed by atoms with Crippen LogP contribution in [0.5, 0.6) is 0 Å². The summed E-state index contributed by atoms with van der Waals surface area (Å²) >= 11 is 0. The molecule has 1 aromatic heterocycles. The van der Waals surface area contributed by atoms with Crippen LogP contribution in [0.15, 0.2) is 33.6 Å². The number of aromatic nitrogens is 1. The molecule has 1 aromatic carbocycles. The summed E-state index contributed by atoms with van der Waals surface area (Å²) in [6, 6.07) is 7.17. The molecule has 6 heteroatoms. The van der Waals surface area contributed by atoms with Crippen LogP contribution in [0.4, 0.5) is 0 Å². The molecule has 0 fully saturated rings. The Balaban J connectivity index is 1.85. The fourth-order valence-corrected chi connectivity index (χ4v) is 4.22. The topological polar surface area (TPSA) is 63.4 Å². The van der Waals surface area contributed by atoms with Crippen molar-refractivity contribution in [2.75, 3.05) is 6.54 Å². The van der Waals surface area contributed by atoms with Crippen molar-refractivity contribution < 1.29 is 12.8 Å². The molecule has 0 unspecified atom stereocenters. The molecule has 0 saturated carbocycles. The van der Waals surface area contributed by atoms with Crippen LogP contribution in [0, 0.1) is 0 Å². The van der Waals surface area contributed by atoms with Crippen molar-refractivity contribution in [2.45, 2.75) is 57.4 Å². The number of hydrogen-bond donors (Lipinski definition) is 0. The predicted molar refractivity (Wildman–Crippen MR) is 92.4 cm³/mol. The van der Waals surface area contributed by atoms with Crippen molar-refractivity contribution in [3.05, 3.63) is 47.2 Å². The zero-order chi connectivity index (χ0) is 17.5. The number of benzene rings is 1. The van der Waals surface area contributed by atoms with E-state index in [0.717, 1.165) is 17.0 Å². The highest BCUT2D eigenvalue weighted by Gasteiger charge is 2.31. The van der Waals surface area contributed by atoms with Gasteiger partial charge in [0.2, 0.25) is 10.0 Å². The molecule has 0 bridgehead atoms. The van der Waals surface area contributed by atoms with E-state index in [-0.39, 0.29) is 12.5 Å². The Bertz CT molecular complexity index is 820. The fourth-order valence-electron chi connectivity index (χ4n) is 2.82. The van der Waals surface area contributed by atoms with Crippen LogP contribution in [-0.4, -0.2) is 24.3 Å². The minimum absolute atomic E-state index is 0.198. The van der Waals surface area contributed by atoms with E-state index in [2.05, 4.69) is 18.8 Å². The molecule has 1 aliphatic rings. The third-order valence-corrected chi connectivity index (χ3v) is 6.25. The van der Waals surface area contributed by atoms with E-state index in [0.29, 0.717) is 29.7 Å². The first-order valence-corrected chi connectivity index (χ1v) is 9.81. The Morgan fingerprint density at radius 1 is 1.08 bits per heavy atom. The first-order chi connectivity index (χ1) is 11.3. The minimum Gasteiger partial charge on any atom is -0.445 e. The number of sulfonamides is 1. The predicted octanol–water partition coefficient (Wildman–Crippen LogP) is 3.67. The summed E-state index contributed by atoms with van der Waals surface area (Å²) in [5, 5.41) is 0. The smallest absolute Gasteiger partial charge is 0.243 e. The van der Waals surface area contributed by atoms with Crippen molar-refractivity contribution in [1.82, 2.24) is 9.29 Å². The van der Waals surface area contributed by atoms with Crippen LogP contribution in [0.3, 0.4) is 0 Å². The van der Waals surface area contributed by atoms with Gasteiger partial charge in [0, 0.05) is 18.9 Å². The first kappa shape index (κ1) is 17.2. The van der Waals surface area contributed by atoms with Gasteiger partial charge < -0.3 is 4.42 Å². The highest BCUT2D eigenvalue weighted by Crippen LogP contribution is 2.28. The molecule has 3 rings (SSSR count). The molecule has 0 radical (unpaired) electrons.